The molecule has 134 valence electrons. The van der Waals surface area contributed by atoms with Crippen LogP contribution in [0.1, 0.15) is 68.1 Å². The van der Waals surface area contributed by atoms with E-state index in [1.165, 1.54) is 49.2 Å². The van der Waals surface area contributed by atoms with Gasteiger partial charge in [0, 0.05) is 5.54 Å². The molecule has 3 atom stereocenters. The monoisotopic (exact) mass is 347 g/mol. The first-order valence-corrected chi connectivity index (χ1v) is 10.9. The van der Waals surface area contributed by atoms with Crippen molar-refractivity contribution in [2.45, 2.75) is 69.7 Å². The molecule has 0 radical (unpaired) electrons. The number of hydrogen-bond acceptors (Lipinski definition) is 3. The van der Waals surface area contributed by atoms with Gasteiger partial charge in [0.1, 0.15) is 0 Å². The first-order valence-electron chi connectivity index (χ1n) is 9.73. The molecule has 0 aromatic heterocycles. The lowest BCUT2D eigenvalue weighted by atomic mass is 9.82. The highest BCUT2D eigenvalue weighted by molar-refractivity contribution is 7.99. The number of benzene rings is 1. The molecule has 3 heteroatoms. The molecule has 2 nitrogen and oxygen atoms in total. The third kappa shape index (κ3) is 4.36. The first-order chi connectivity index (χ1) is 11.6. The summed E-state index contributed by atoms with van der Waals surface area (Å²) in [4.78, 5) is 0. The van der Waals surface area contributed by atoms with Crippen LogP contribution in [-0.4, -0.2) is 28.8 Å². The molecule has 1 aromatic carbocycles. The molecule has 2 aliphatic carbocycles. The van der Waals surface area contributed by atoms with Crippen LogP contribution in [0.3, 0.4) is 0 Å². The Bertz CT molecular complexity index is 547. The zero-order valence-corrected chi connectivity index (χ0v) is 15.9. The standard InChI is InChI=1S/C21H33NOS/c1-2-3-10-24-14-16-4-5-18-12-19(7-6-17(18)11-16)20-8-9-21(22,13-20)15-23/h6-7,12,16,20,23H,2-5,8-11,13-15,22H2,1H3/t16-,20-,21+/m0/s1. The molecule has 0 aliphatic heterocycles. The number of nitrogens with two attached hydrogens (primary N) is 1. The summed E-state index contributed by atoms with van der Waals surface area (Å²) < 4.78 is 0. The zero-order valence-electron chi connectivity index (χ0n) is 15.1. The fraction of sp³-hybridized carbons (Fsp3) is 0.714. The second-order valence-corrected chi connectivity index (χ2v) is 9.18. The highest BCUT2D eigenvalue weighted by atomic mass is 32.2. The molecule has 0 unspecified atom stereocenters. The number of fused-ring (bicyclic) bond motifs is 1. The molecule has 0 amide bonds. The van der Waals surface area contributed by atoms with Crippen LogP contribution in [0.25, 0.3) is 0 Å². The average molecular weight is 348 g/mol. The quantitative estimate of drug-likeness (QED) is 0.724. The molecular weight excluding hydrogens is 314 g/mol. The van der Waals surface area contributed by atoms with Crippen LogP contribution in [-0.2, 0) is 12.8 Å². The molecule has 0 bridgehead atoms. The van der Waals surface area contributed by atoms with Crippen molar-refractivity contribution >= 4 is 11.8 Å². The summed E-state index contributed by atoms with van der Waals surface area (Å²) in [6.07, 6.45) is 9.51. The maximum absolute atomic E-state index is 9.49. The van der Waals surface area contributed by atoms with E-state index < -0.39 is 0 Å². The fourth-order valence-electron chi connectivity index (χ4n) is 4.33. The Morgan fingerprint density at radius 3 is 2.92 bits per heavy atom. The van der Waals surface area contributed by atoms with E-state index in [0.29, 0.717) is 5.92 Å². The Morgan fingerprint density at radius 2 is 2.17 bits per heavy atom. The lowest BCUT2D eigenvalue weighted by Gasteiger charge is -2.26. The summed E-state index contributed by atoms with van der Waals surface area (Å²) in [6.45, 7) is 2.39. The van der Waals surface area contributed by atoms with E-state index in [0.717, 1.165) is 25.2 Å². The molecule has 3 N–H and O–H groups in total. The summed E-state index contributed by atoms with van der Waals surface area (Å²) in [7, 11) is 0. The van der Waals surface area contributed by atoms with Crippen molar-refractivity contribution < 1.29 is 5.11 Å². The molecule has 0 saturated heterocycles. The molecule has 1 aromatic rings. The second kappa shape index (κ2) is 8.25. The van der Waals surface area contributed by atoms with E-state index in [9.17, 15) is 5.11 Å². The first kappa shape index (κ1) is 18.3. The van der Waals surface area contributed by atoms with Crippen molar-refractivity contribution in [2.24, 2.45) is 11.7 Å². The van der Waals surface area contributed by atoms with Gasteiger partial charge in [0.25, 0.3) is 0 Å². The van der Waals surface area contributed by atoms with Gasteiger partial charge in [0.2, 0.25) is 0 Å². The predicted octanol–water partition coefficient (Wildman–Crippen LogP) is 4.28. The maximum atomic E-state index is 9.49. The lowest BCUT2D eigenvalue weighted by molar-refractivity contribution is 0.198. The van der Waals surface area contributed by atoms with Crippen LogP contribution in [0.2, 0.25) is 0 Å². The van der Waals surface area contributed by atoms with Crippen molar-refractivity contribution in [3.63, 3.8) is 0 Å². The van der Waals surface area contributed by atoms with Gasteiger partial charge in [-0.25, -0.2) is 0 Å². The van der Waals surface area contributed by atoms with Gasteiger partial charge >= 0.3 is 0 Å². The van der Waals surface area contributed by atoms with E-state index in [1.807, 2.05) is 0 Å². The Balaban J connectivity index is 1.58. The van der Waals surface area contributed by atoms with E-state index >= 15 is 0 Å². The summed E-state index contributed by atoms with van der Waals surface area (Å²) in [5, 5.41) is 9.49. The summed E-state index contributed by atoms with van der Waals surface area (Å²) in [6, 6.07) is 7.16. The minimum atomic E-state index is -0.346. The number of thioether (sulfide) groups is 1. The van der Waals surface area contributed by atoms with Crippen LogP contribution in [0.15, 0.2) is 18.2 Å². The summed E-state index contributed by atoms with van der Waals surface area (Å²) >= 11 is 2.15. The van der Waals surface area contributed by atoms with Crippen LogP contribution in [0.5, 0.6) is 0 Å². The average Bonchev–Trinajstić information content (AvgIpc) is 3.01. The normalized spacial score (nSPS) is 29.6. The number of aliphatic hydroxyl groups excluding tert-OH is 1. The van der Waals surface area contributed by atoms with Gasteiger partial charge in [-0.2, -0.15) is 11.8 Å². The Hall–Kier alpha value is -0.510. The minimum absolute atomic E-state index is 0.117. The maximum Gasteiger partial charge on any atom is 0.0611 e. The van der Waals surface area contributed by atoms with Crippen LogP contribution < -0.4 is 5.73 Å². The molecule has 24 heavy (non-hydrogen) atoms. The Morgan fingerprint density at radius 1 is 1.29 bits per heavy atom. The van der Waals surface area contributed by atoms with Gasteiger partial charge in [-0.1, -0.05) is 31.5 Å². The zero-order chi connectivity index (χ0) is 17.0. The topological polar surface area (TPSA) is 46.2 Å². The van der Waals surface area contributed by atoms with Gasteiger partial charge in [-0.3, -0.25) is 0 Å². The minimum Gasteiger partial charge on any atom is -0.394 e. The highest BCUT2D eigenvalue weighted by Gasteiger charge is 2.36. The number of hydrogen-bond donors (Lipinski definition) is 2. The van der Waals surface area contributed by atoms with Crippen molar-refractivity contribution in [3.05, 3.63) is 34.9 Å². The molecule has 3 rings (SSSR count). The van der Waals surface area contributed by atoms with Gasteiger partial charge in [0.05, 0.1) is 6.61 Å². The van der Waals surface area contributed by atoms with E-state index in [2.05, 4.69) is 36.9 Å². The fourth-order valence-corrected chi connectivity index (χ4v) is 5.60. The Kier molecular flexibility index (Phi) is 6.28. The molecule has 2 aliphatic rings. The Labute approximate surface area is 151 Å². The van der Waals surface area contributed by atoms with Gasteiger partial charge in [0.15, 0.2) is 0 Å². The van der Waals surface area contributed by atoms with E-state index in [4.69, 9.17) is 5.73 Å². The number of aliphatic hydroxyl groups is 1. The van der Waals surface area contributed by atoms with Crippen LogP contribution >= 0.6 is 11.8 Å². The van der Waals surface area contributed by atoms with Crippen LogP contribution in [0, 0.1) is 5.92 Å². The number of aryl methyl sites for hydroxylation is 1. The smallest absolute Gasteiger partial charge is 0.0611 e. The van der Waals surface area contributed by atoms with Gasteiger partial charge in [-0.15, -0.1) is 0 Å². The highest BCUT2D eigenvalue weighted by Crippen LogP contribution is 2.40. The SMILES string of the molecule is CCCCSC[C@H]1CCc2cc([C@H]3CC[C@](N)(CO)C3)ccc2C1. The third-order valence-electron chi connectivity index (χ3n) is 5.99. The van der Waals surface area contributed by atoms with Crippen molar-refractivity contribution in [3.8, 4) is 0 Å². The van der Waals surface area contributed by atoms with E-state index in [1.54, 1.807) is 11.1 Å². The van der Waals surface area contributed by atoms with Crippen molar-refractivity contribution in [2.75, 3.05) is 18.1 Å². The second-order valence-electron chi connectivity index (χ2n) is 8.03. The lowest BCUT2D eigenvalue weighted by Crippen LogP contribution is -2.40. The van der Waals surface area contributed by atoms with Gasteiger partial charge in [-0.05, 0) is 85.0 Å². The van der Waals surface area contributed by atoms with Crippen molar-refractivity contribution in [1.82, 2.24) is 0 Å². The molecular formula is C21H33NOS. The number of rotatable bonds is 7. The van der Waals surface area contributed by atoms with Crippen molar-refractivity contribution in [1.29, 1.82) is 0 Å². The summed E-state index contributed by atoms with van der Waals surface area (Å²) in [5.41, 5.74) is 10.5. The molecule has 1 fully saturated rings. The molecule has 0 spiro atoms. The molecule has 0 heterocycles. The third-order valence-corrected chi connectivity index (χ3v) is 7.27. The molecule has 1 saturated carbocycles. The summed E-state index contributed by atoms with van der Waals surface area (Å²) in [5.74, 6) is 4.06. The van der Waals surface area contributed by atoms with Crippen LogP contribution in [0.4, 0.5) is 0 Å². The predicted molar refractivity (Wildman–Crippen MR) is 105 cm³/mol. The largest absolute Gasteiger partial charge is 0.394 e. The van der Waals surface area contributed by atoms with E-state index in [-0.39, 0.29) is 12.1 Å². The number of unbranched alkanes of at least 4 members (excludes halogenated alkanes) is 1. The van der Waals surface area contributed by atoms with Gasteiger partial charge < -0.3 is 10.8 Å².